The minimum Gasteiger partial charge on any atom is -0.357 e. The summed E-state index contributed by atoms with van der Waals surface area (Å²) in [5, 5.41) is 5.67. The SMILES string of the molecule is NC(NCc1ccccc1)NC(=O)c1ccc[nH]1. The molecule has 18 heavy (non-hydrogen) atoms. The first kappa shape index (κ1) is 12.3. The Morgan fingerprint density at radius 1 is 1.22 bits per heavy atom. The number of H-pyrrole nitrogens is 1. The molecule has 1 unspecified atom stereocenters. The number of rotatable bonds is 5. The summed E-state index contributed by atoms with van der Waals surface area (Å²) in [5.74, 6) is -0.229. The summed E-state index contributed by atoms with van der Waals surface area (Å²) in [6.07, 6.45) is 1.11. The molecule has 1 heterocycles. The first-order valence-corrected chi connectivity index (χ1v) is 5.73. The van der Waals surface area contributed by atoms with Crippen LogP contribution in [0.25, 0.3) is 0 Å². The van der Waals surface area contributed by atoms with Gasteiger partial charge in [0.2, 0.25) is 0 Å². The first-order valence-electron chi connectivity index (χ1n) is 5.73. The van der Waals surface area contributed by atoms with Crippen LogP contribution >= 0.6 is 0 Å². The molecule has 5 heteroatoms. The molecule has 0 aliphatic carbocycles. The summed E-state index contributed by atoms with van der Waals surface area (Å²) in [7, 11) is 0. The summed E-state index contributed by atoms with van der Waals surface area (Å²) >= 11 is 0. The average molecular weight is 244 g/mol. The minimum atomic E-state index is -0.582. The molecule has 5 N–H and O–H groups in total. The van der Waals surface area contributed by atoms with E-state index in [0.717, 1.165) is 5.56 Å². The Labute approximate surface area is 105 Å². The maximum absolute atomic E-state index is 11.7. The normalized spacial score (nSPS) is 12.1. The van der Waals surface area contributed by atoms with Crippen LogP contribution in [0.2, 0.25) is 0 Å². The molecule has 0 fully saturated rings. The largest absolute Gasteiger partial charge is 0.357 e. The third kappa shape index (κ3) is 3.44. The lowest BCUT2D eigenvalue weighted by Gasteiger charge is -2.15. The van der Waals surface area contributed by atoms with Crippen molar-refractivity contribution in [3.63, 3.8) is 0 Å². The van der Waals surface area contributed by atoms with E-state index in [9.17, 15) is 4.79 Å². The Morgan fingerprint density at radius 2 is 2.00 bits per heavy atom. The second-order valence-corrected chi connectivity index (χ2v) is 3.90. The van der Waals surface area contributed by atoms with Crippen LogP contribution in [0.5, 0.6) is 0 Å². The van der Waals surface area contributed by atoms with Crippen molar-refractivity contribution in [1.82, 2.24) is 15.6 Å². The number of nitrogens with two attached hydrogens (primary N) is 1. The van der Waals surface area contributed by atoms with Gasteiger partial charge in [-0.15, -0.1) is 0 Å². The van der Waals surface area contributed by atoms with Crippen LogP contribution in [0.1, 0.15) is 16.1 Å². The van der Waals surface area contributed by atoms with Crippen molar-refractivity contribution in [2.24, 2.45) is 5.73 Å². The van der Waals surface area contributed by atoms with Gasteiger partial charge in [0.25, 0.3) is 5.91 Å². The van der Waals surface area contributed by atoms with Gasteiger partial charge in [-0.2, -0.15) is 0 Å². The van der Waals surface area contributed by atoms with Crippen LogP contribution in [-0.2, 0) is 6.54 Å². The van der Waals surface area contributed by atoms with E-state index in [1.807, 2.05) is 30.3 Å². The maximum atomic E-state index is 11.7. The lowest BCUT2D eigenvalue weighted by Crippen LogP contribution is -2.51. The number of aromatic nitrogens is 1. The first-order chi connectivity index (χ1) is 8.75. The van der Waals surface area contributed by atoms with Crippen LogP contribution in [0.3, 0.4) is 0 Å². The topological polar surface area (TPSA) is 82.9 Å². The summed E-state index contributed by atoms with van der Waals surface area (Å²) < 4.78 is 0. The van der Waals surface area contributed by atoms with E-state index < -0.39 is 6.29 Å². The Balaban J connectivity index is 1.79. The van der Waals surface area contributed by atoms with Gasteiger partial charge in [-0.3, -0.25) is 15.8 Å². The summed E-state index contributed by atoms with van der Waals surface area (Å²) in [6, 6.07) is 13.3. The van der Waals surface area contributed by atoms with Gasteiger partial charge in [-0.1, -0.05) is 30.3 Å². The Hall–Kier alpha value is -2.11. The van der Waals surface area contributed by atoms with Crippen molar-refractivity contribution in [3.8, 4) is 0 Å². The third-order valence-corrected chi connectivity index (χ3v) is 2.50. The Kier molecular flexibility index (Phi) is 4.11. The van der Waals surface area contributed by atoms with E-state index in [4.69, 9.17) is 5.73 Å². The van der Waals surface area contributed by atoms with Gasteiger partial charge in [-0.05, 0) is 17.7 Å². The predicted octanol–water partition coefficient (Wildman–Crippen LogP) is 0.777. The molecule has 1 amide bonds. The van der Waals surface area contributed by atoms with Crippen molar-refractivity contribution in [2.75, 3.05) is 0 Å². The molecule has 2 aromatic rings. The molecule has 0 aliphatic heterocycles. The van der Waals surface area contributed by atoms with Crippen molar-refractivity contribution < 1.29 is 4.79 Å². The van der Waals surface area contributed by atoms with Gasteiger partial charge >= 0.3 is 0 Å². The van der Waals surface area contributed by atoms with Crippen molar-refractivity contribution >= 4 is 5.91 Å². The number of hydrogen-bond acceptors (Lipinski definition) is 3. The molecule has 0 bridgehead atoms. The van der Waals surface area contributed by atoms with Crippen LogP contribution in [0.15, 0.2) is 48.7 Å². The fraction of sp³-hybridized carbons (Fsp3) is 0.154. The lowest BCUT2D eigenvalue weighted by molar-refractivity contribution is 0.0926. The highest BCUT2D eigenvalue weighted by Gasteiger charge is 2.09. The van der Waals surface area contributed by atoms with Crippen LogP contribution in [0.4, 0.5) is 0 Å². The molecule has 5 nitrogen and oxygen atoms in total. The van der Waals surface area contributed by atoms with Gasteiger partial charge in [0.1, 0.15) is 12.0 Å². The molecule has 0 radical (unpaired) electrons. The zero-order valence-electron chi connectivity index (χ0n) is 9.89. The van der Waals surface area contributed by atoms with Gasteiger partial charge in [0.15, 0.2) is 0 Å². The van der Waals surface area contributed by atoms with Crippen molar-refractivity contribution in [2.45, 2.75) is 12.8 Å². The molecule has 0 saturated heterocycles. The van der Waals surface area contributed by atoms with Gasteiger partial charge < -0.3 is 10.3 Å². The molecule has 1 aromatic carbocycles. The number of amides is 1. The summed E-state index contributed by atoms with van der Waals surface area (Å²) in [4.78, 5) is 14.5. The molecule has 94 valence electrons. The second-order valence-electron chi connectivity index (χ2n) is 3.90. The highest BCUT2D eigenvalue weighted by atomic mass is 16.2. The fourth-order valence-corrected chi connectivity index (χ4v) is 1.57. The smallest absolute Gasteiger partial charge is 0.269 e. The van der Waals surface area contributed by atoms with Crippen molar-refractivity contribution in [1.29, 1.82) is 0 Å². The number of benzene rings is 1. The van der Waals surface area contributed by atoms with E-state index in [-0.39, 0.29) is 5.91 Å². The standard InChI is InChI=1S/C13H16N4O/c14-13(16-9-10-5-2-1-3-6-10)17-12(18)11-7-4-8-15-11/h1-8,13,15-16H,9,14H2,(H,17,18). The van der Waals surface area contributed by atoms with E-state index in [1.54, 1.807) is 18.3 Å². The Bertz CT molecular complexity index is 481. The van der Waals surface area contributed by atoms with E-state index in [1.165, 1.54) is 0 Å². The fourth-order valence-electron chi connectivity index (χ4n) is 1.57. The van der Waals surface area contributed by atoms with Crippen LogP contribution < -0.4 is 16.4 Å². The number of aromatic amines is 1. The molecular formula is C13H16N4O. The van der Waals surface area contributed by atoms with E-state index in [0.29, 0.717) is 12.2 Å². The zero-order chi connectivity index (χ0) is 12.8. The van der Waals surface area contributed by atoms with E-state index >= 15 is 0 Å². The molecule has 1 aromatic heterocycles. The molecule has 0 spiro atoms. The number of carbonyl (C=O) groups is 1. The molecule has 0 saturated carbocycles. The van der Waals surface area contributed by atoms with Crippen LogP contribution in [-0.4, -0.2) is 17.2 Å². The van der Waals surface area contributed by atoms with E-state index in [2.05, 4.69) is 15.6 Å². The maximum Gasteiger partial charge on any atom is 0.269 e. The number of nitrogens with one attached hydrogen (secondary N) is 3. The van der Waals surface area contributed by atoms with Gasteiger partial charge in [0, 0.05) is 12.7 Å². The minimum absolute atomic E-state index is 0.229. The monoisotopic (exact) mass is 244 g/mol. The predicted molar refractivity (Wildman–Crippen MR) is 69.5 cm³/mol. The second kappa shape index (κ2) is 6.00. The van der Waals surface area contributed by atoms with Crippen LogP contribution in [0, 0.1) is 0 Å². The highest BCUT2D eigenvalue weighted by Crippen LogP contribution is 1.97. The number of hydrogen-bond donors (Lipinski definition) is 4. The average Bonchev–Trinajstić information content (AvgIpc) is 2.91. The quantitative estimate of drug-likeness (QED) is 0.586. The lowest BCUT2D eigenvalue weighted by atomic mass is 10.2. The molecule has 2 rings (SSSR count). The molecular weight excluding hydrogens is 228 g/mol. The zero-order valence-corrected chi connectivity index (χ0v) is 9.89. The summed E-state index contributed by atoms with van der Waals surface area (Å²) in [6.45, 7) is 0.604. The van der Waals surface area contributed by atoms with Crippen molar-refractivity contribution in [3.05, 3.63) is 59.9 Å². The molecule has 0 aliphatic rings. The van der Waals surface area contributed by atoms with Gasteiger partial charge in [0.05, 0.1) is 0 Å². The summed E-state index contributed by atoms with van der Waals surface area (Å²) in [5.41, 5.74) is 7.38. The molecule has 1 atom stereocenters. The van der Waals surface area contributed by atoms with Gasteiger partial charge in [-0.25, -0.2) is 0 Å². The third-order valence-electron chi connectivity index (χ3n) is 2.50. The Morgan fingerprint density at radius 3 is 2.67 bits per heavy atom. The number of carbonyl (C=O) groups excluding carboxylic acids is 1. The highest BCUT2D eigenvalue weighted by molar-refractivity contribution is 5.92.